The van der Waals surface area contributed by atoms with Crippen molar-refractivity contribution in [3.63, 3.8) is 0 Å². The first kappa shape index (κ1) is 18.1. The molecule has 0 aliphatic rings. The monoisotopic (exact) mass is 352 g/mol. The van der Waals surface area contributed by atoms with Gasteiger partial charge in [-0.1, -0.05) is 6.07 Å². The second-order valence-electron chi connectivity index (χ2n) is 5.37. The molecule has 0 saturated carbocycles. The van der Waals surface area contributed by atoms with E-state index in [9.17, 15) is 18.4 Å². The average molecular weight is 352 g/mol. The molecule has 0 radical (unpaired) electrons. The number of benzene rings is 1. The van der Waals surface area contributed by atoms with E-state index in [0.29, 0.717) is 11.1 Å². The second-order valence-corrected chi connectivity index (χ2v) is 6.15. The number of rotatable bonds is 6. The zero-order valence-corrected chi connectivity index (χ0v) is 14.2. The molecule has 0 unspecified atom stereocenters. The maximum absolute atomic E-state index is 13.3. The van der Waals surface area contributed by atoms with Crippen LogP contribution in [0.25, 0.3) is 0 Å². The van der Waals surface area contributed by atoms with Crippen LogP contribution in [0.3, 0.4) is 0 Å². The highest BCUT2D eigenvalue weighted by Gasteiger charge is 2.18. The Balaban J connectivity index is 1.87. The quantitative estimate of drug-likeness (QED) is 0.867. The molecule has 1 aromatic heterocycles. The number of nitrogens with one attached hydrogen (secondary N) is 1. The van der Waals surface area contributed by atoms with Crippen molar-refractivity contribution in [3.8, 4) is 0 Å². The Kier molecular flexibility index (Phi) is 6.03. The van der Waals surface area contributed by atoms with Gasteiger partial charge in [-0.25, -0.2) is 8.78 Å². The van der Waals surface area contributed by atoms with Gasteiger partial charge in [0.1, 0.15) is 0 Å². The third kappa shape index (κ3) is 4.38. The SMILES string of the molecule is C[C@@H](c1ccc(F)c(F)c1)N(C)C(=O)CCNC(=O)c1ccsc1. The first-order chi connectivity index (χ1) is 11.4. The summed E-state index contributed by atoms with van der Waals surface area (Å²) in [5.41, 5.74) is 1.07. The first-order valence-corrected chi connectivity index (χ1v) is 8.35. The molecule has 0 saturated heterocycles. The molecule has 128 valence electrons. The summed E-state index contributed by atoms with van der Waals surface area (Å²) in [5, 5.41) is 6.21. The molecule has 7 heteroatoms. The third-order valence-electron chi connectivity index (χ3n) is 3.81. The molecular formula is C17H18F2N2O2S. The Hall–Kier alpha value is -2.28. The van der Waals surface area contributed by atoms with Crippen LogP contribution in [0, 0.1) is 11.6 Å². The fourth-order valence-electron chi connectivity index (χ4n) is 2.17. The minimum atomic E-state index is -0.941. The van der Waals surface area contributed by atoms with Gasteiger partial charge in [0, 0.05) is 31.0 Å². The summed E-state index contributed by atoms with van der Waals surface area (Å²) >= 11 is 1.42. The number of carbonyl (C=O) groups is 2. The lowest BCUT2D eigenvalue weighted by Crippen LogP contribution is -2.33. The van der Waals surface area contributed by atoms with E-state index in [4.69, 9.17) is 0 Å². The molecule has 2 aromatic rings. The van der Waals surface area contributed by atoms with Gasteiger partial charge in [-0.3, -0.25) is 9.59 Å². The maximum atomic E-state index is 13.3. The normalized spacial score (nSPS) is 11.8. The Morgan fingerprint density at radius 2 is 2.00 bits per heavy atom. The summed E-state index contributed by atoms with van der Waals surface area (Å²) in [5.74, 6) is -2.28. The van der Waals surface area contributed by atoms with Crippen molar-refractivity contribution in [2.75, 3.05) is 13.6 Å². The van der Waals surface area contributed by atoms with Gasteiger partial charge in [-0.15, -0.1) is 0 Å². The molecule has 1 heterocycles. The van der Waals surface area contributed by atoms with E-state index in [0.717, 1.165) is 12.1 Å². The number of nitrogens with zero attached hydrogens (tertiary/aromatic N) is 1. The molecule has 1 atom stereocenters. The Morgan fingerprint density at radius 1 is 1.25 bits per heavy atom. The van der Waals surface area contributed by atoms with Crippen LogP contribution in [0.2, 0.25) is 0 Å². The van der Waals surface area contributed by atoms with Gasteiger partial charge in [0.25, 0.3) is 5.91 Å². The van der Waals surface area contributed by atoms with Crippen molar-refractivity contribution in [1.82, 2.24) is 10.2 Å². The van der Waals surface area contributed by atoms with Crippen molar-refractivity contribution in [2.24, 2.45) is 0 Å². The topological polar surface area (TPSA) is 49.4 Å². The van der Waals surface area contributed by atoms with Gasteiger partial charge in [-0.05, 0) is 36.1 Å². The number of hydrogen-bond donors (Lipinski definition) is 1. The molecule has 2 amide bonds. The number of hydrogen-bond acceptors (Lipinski definition) is 3. The predicted molar refractivity (Wildman–Crippen MR) is 88.8 cm³/mol. The zero-order valence-electron chi connectivity index (χ0n) is 13.4. The summed E-state index contributed by atoms with van der Waals surface area (Å²) in [7, 11) is 1.59. The minimum Gasteiger partial charge on any atom is -0.351 e. The van der Waals surface area contributed by atoms with E-state index in [1.54, 1.807) is 30.8 Å². The van der Waals surface area contributed by atoms with Crippen molar-refractivity contribution in [3.05, 3.63) is 57.8 Å². The van der Waals surface area contributed by atoms with Gasteiger partial charge in [0.05, 0.1) is 6.04 Å². The second kappa shape index (κ2) is 8.01. The molecular weight excluding hydrogens is 334 g/mol. The molecule has 24 heavy (non-hydrogen) atoms. The van der Waals surface area contributed by atoms with Crippen LogP contribution >= 0.6 is 11.3 Å². The summed E-state index contributed by atoms with van der Waals surface area (Å²) in [4.78, 5) is 25.4. The smallest absolute Gasteiger partial charge is 0.252 e. The fourth-order valence-corrected chi connectivity index (χ4v) is 2.80. The molecule has 2 rings (SSSR count). The van der Waals surface area contributed by atoms with Crippen LogP contribution in [0.15, 0.2) is 35.0 Å². The van der Waals surface area contributed by atoms with Crippen LogP contribution in [-0.2, 0) is 4.79 Å². The summed E-state index contributed by atoms with van der Waals surface area (Å²) in [6.45, 7) is 1.94. The highest BCUT2D eigenvalue weighted by atomic mass is 32.1. The van der Waals surface area contributed by atoms with Crippen LogP contribution < -0.4 is 5.32 Å². The lowest BCUT2D eigenvalue weighted by molar-refractivity contribution is -0.131. The Labute approximate surface area is 143 Å². The van der Waals surface area contributed by atoms with E-state index < -0.39 is 17.7 Å². The van der Waals surface area contributed by atoms with Gasteiger partial charge in [0.15, 0.2) is 11.6 Å². The van der Waals surface area contributed by atoms with Crippen molar-refractivity contribution < 1.29 is 18.4 Å². The summed E-state index contributed by atoms with van der Waals surface area (Å²) in [6, 6.07) is 4.88. The molecule has 1 aromatic carbocycles. The van der Waals surface area contributed by atoms with Crippen LogP contribution in [-0.4, -0.2) is 30.3 Å². The molecule has 0 spiro atoms. The molecule has 0 aliphatic carbocycles. The number of halogens is 2. The van der Waals surface area contributed by atoms with Crippen molar-refractivity contribution in [2.45, 2.75) is 19.4 Å². The van der Waals surface area contributed by atoms with Gasteiger partial charge in [-0.2, -0.15) is 11.3 Å². The van der Waals surface area contributed by atoms with Crippen molar-refractivity contribution >= 4 is 23.2 Å². The van der Waals surface area contributed by atoms with E-state index in [1.165, 1.54) is 22.3 Å². The predicted octanol–water partition coefficient (Wildman–Crippen LogP) is 3.37. The molecule has 1 N–H and O–H groups in total. The maximum Gasteiger partial charge on any atom is 0.252 e. The highest BCUT2D eigenvalue weighted by molar-refractivity contribution is 7.08. The molecule has 0 aliphatic heterocycles. The lowest BCUT2D eigenvalue weighted by atomic mass is 10.1. The zero-order chi connectivity index (χ0) is 17.7. The van der Waals surface area contributed by atoms with Gasteiger partial charge in [0.2, 0.25) is 5.91 Å². The van der Waals surface area contributed by atoms with Crippen LogP contribution in [0.5, 0.6) is 0 Å². The van der Waals surface area contributed by atoms with E-state index in [2.05, 4.69) is 5.32 Å². The van der Waals surface area contributed by atoms with E-state index >= 15 is 0 Å². The number of amides is 2. The highest BCUT2D eigenvalue weighted by Crippen LogP contribution is 2.21. The van der Waals surface area contributed by atoms with Crippen molar-refractivity contribution in [1.29, 1.82) is 0 Å². The lowest BCUT2D eigenvalue weighted by Gasteiger charge is -2.25. The van der Waals surface area contributed by atoms with Crippen LogP contribution in [0.1, 0.15) is 35.3 Å². The standard InChI is InChI=1S/C17H18F2N2O2S/c1-11(12-3-4-14(18)15(19)9-12)21(2)16(22)5-7-20-17(23)13-6-8-24-10-13/h3-4,6,8-11H,5,7H2,1-2H3,(H,20,23)/t11-/m0/s1. The summed E-state index contributed by atoms with van der Waals surface area (Å²) < 4.78 is 26.3. The minimum absolute atomic E-state index is 0.125. The molecule has 0 bridgehead atoms. The molecule has 4 nitrogen and oxygen atoms in total. The average Bonchev–Trinajstić information content (AvgIpc) is 3.10. The number of carbonyl (C=O) groups excluding carboxylic acids is 2. The van der Waals surface area contributed by atoms with Gasteiger partial charge >= 0.3 is 0 Å². The molecule has 0 fully saturated rings. The van der Waals surface area contributed by atoms with Gasteiger partial charge < -0.3 is 10.2 Å². The van der Waals surface area contributed by atoms with E-state index in [1.807, 2.05) is 0 Å². The van der Waals surface area contributed by atoms with Crippen LogP contribution in [0.4, 0.5) is 8.78 Å². The number of thiophene rings is 1. The summed E-state index contributed by atoms with van der Waals surface area (Å²) in [6.07, 6.45) is 0.125. The largest absolute Gasteiger partial charge is 0.351 e. The Bertz CT molecular complexity index is 719. The fraction of sp³-hybridized carbons (Fsp3) is 0.294. The first-order valence-electron chi connectivity index (χ1n) is 7.41. The Morgan fingerprint density at radius 3 is 2.62 bits per heavy atom. The third-order valence-corrected chi connectivity index (χ3v) is 4.49. The van der Waals surface area contributed by atoms with E-state index in [-0.39, 0.29) is 24.8 Å².